The van der Waals surface area contributed by atoms with Gasteiger partial charge in [-0.3, -0.25) is 0 Å². The molecule has 0 fully saturated rings. The Morgan fingerprint density at radius 1 is 0.864 bits per heavy atom. The number of ether oxygens (including phenoxy) is 2. The van der Waals surface area contributed by atoms with E-state index < -0.39 is 0 Å². The van der Waals surface area contributed by atoms with E-state index in [1.807, 2.05) is 30.3 Å². The van der Waals surface area contributed by atoms with Crippen molar-refractivity contribution >= 4 is 6.47 Å². The molecule has 0 bridgehead atoms. The van der Waals surface area contributed by atoms with Gasteiger partial charge in [-0.2, -0.15) is 0 Å². The third-order valence-electron chi connectivity index (χ3n) is 3.42. The molecule has 0 saturated heterocycles. The van der Waals surface area contributed by atoms with Gasteiger partial charge < -0.3 is 9.47 Å². The van der Waals surface area contributed by atoms with Crippen molar-refractivity contribution in [3.63, 3.8) is 0 Å². The first-order valence-corrected chi connectivity index (χ1v) is 7.63. The minimum Gasteiger partial charge on any atom is -0.489 e. The van der Waals surface area contributed by atoms with E-state index in [0.29, 0.717) is 13.2 Å². The minimum atomic E-state index is 0.462. The fourth-order valence-electron chi connectivity index (χ4n) is 2.25. The molecule has 3 heteroatoms. The molecule has 0 atom stereocenters. The van der Waals surface area contributed by atoms with Gasteiger partial charge in [-0.15, -0.1) is 0 Å². The number of carbonyl (C=O) groups excluding carboxylic acids is 1. The van der Waals surface area contributed by atoms with E-state index in [9.17, 15) is 4.79 Å². The van der Waals surface area contributed by atoms with Crippen LogP contribution in [0.25, 0.3) is 0 Å². The first-order chi connectivity index (χ1) is 10.9. The second-order valence-corrected chi connectivity index (χ2v) is 5.16. The number of hydrogen-bond donors (Lipinski definition) is 0. The van der Waals surface area contributed by atoms with Crippen LogP contribution in [0.4, 0.5) is 0 Å². The van der Waals surface area contributed by atoms with Crippen LogP contribution in [0.1, 0.15) is 30.4 Å². The topological polar surface area (TPSA) is 35.5 Å². The second kappa shape index (κ2) is 9.61. The average Bonchev–Trinajstić information content (AvgIpc) is 2.57. The average molecular weight is 297 g/mol. The highest BCUT2D eigenvalue weighted by Crippen LogP contribution is 2.17. The highest BCUT2D eigenvalue weighted by atomic mass is 16.5. The van der Waals surface area contributed by atoms with Crippen LogP contribution in [-0.2, 0) is 22.6 Å². The lowest BCUT2D eigenvalue weighted by Gasteiger charge is -2.08. The molecule has 0 aromatic heterocycles. The van der Waals surface area contributed by atoms with Gasteiger partial charge in [0.2, 0.25) is 0 Å². The van der Waals surface area contributed by atoms with Gasteiger partial charge in [-0.1, -0.05) is 42.5 Å². The number of hydrogen-bond acceptors (Lipinski definition) is 3. The van der Waals surface area contributed by atoms with E-state index in [-0.39, 0.29) is 0 Å². The van der Waals surface area contributed by atoms with Crippen LogP contribution in [-0.4, -0.2) is 13.1 Å². The molecule has 0 spiro atoms. The van der Waals surface area contributed by atoms with E-state index in [4.69, 9.17) is 4.74 Å². The molecule has 0 saturated carbocycles. The van der Waals surface area contributed by atoms with Crippen molar-refractivity contribution in [3.8, 4) is 5.75 Å². The van der Waals surface area contributed by atoms with Gasteiger partial charge in [-0.05, 0) is 48.9 Å². The number of aryl methyl sites for hydroxylation is 1. The molecule has 2 aromatic carbocycles. The lowest BCUT2D eigenvalue weighted by Crippen LogP contribution is -1.96. The molecule has 2 aromatic rings. The minimum absolute atomic E-state index is 0.462. The quantitative estimate of drug-likeness (QED) is 0.620. The van der Waals surface area contributed by atoms with Crippen molar-refractivity contribution in [2.75, 3.05) is 6.61 Å². The van der Waals surface area contributed by atoms with E-state index >= 15 is 0 Å². The fourth-order valence-corrected chi connectivity index (χ4v) is 2.25. The van der Waals surface area contributed by atoms with Crippen molar-refractivity contribution < 1.29 is 14.3 Å². The molecule has 1 radical (unpaired) electrons. The number of rotatable bonds is 10. The molecular formula is C19H21O3. The summed E-state index contributed by atoms with van der Waals surface area (Å²) in [6.07, 6.45) is 4.01. The summed E-state index contributed by atoms with van der Waals surface area (Å²) in [5, 5.41) is 0. The molecule has 0 unspecified atom stereocenters. The zero-order valence-electron chi connectivity index (χ0n) is 12.7. The summed E-state index contributed by atoms with van der Waals surface area (Å²) in [6.45, 7) is 2.49. The Kier molecular flexibility index (Phi) is 7.03. The zero-order chi connectivity index (χ0) is 15.5. The third-order valence-corrected chi connectivity index (χ3v) is 3.42. The Morgan fingerprint density at radius 2 is 1.68 bits per heavy atom. The van der Waals surface area contributed by atoms with Gasteiger partial charge in [-0.25, -0.2) is 4.79 Å². The largest absolute Gasteiger partial charge is 0.489 e. The monoisotopic (exact) mass is 297 g/mol. The Labute approximate surface area is 131 Å². The first-order valence-electron chi connectivity index (χ1n) is 7.63. The SMILES string of the molecule is O=[C]OCCCCCc1cccc(OCc2ccccc2)c1. The van der Waals surface area contributed by atoms with Gasteiger partial charge in [0.1, 0.15) is 12.4 Å². The maximum absolute atomic E-state index is 9.90. The Morgan fingerprint density at radius 3 is 2.50 bits per heavy atom. The number of unbranched alkanes of at least 4 members (excludes halogenated alkanes) is 2. The predicted molar refractivity (Wildman–Crippen MR) is 86.4 cm³/mol. The molecule has 2 rings (SSSR count). The molecule has 0 N–H and O–H groups in total. The van der Waals surface area contributed by atoms with Crippen molar-refractivity contribution in [2.45, 2.75) is 32.3 Å². The van der Waals surface area contributed by atoms with Crippen molar-refractivity contribution in [1.29, 1.82) is 0 Å². The molecule has 0 amide bonds. The summed E-state index contributed by atoms with van der Waals surface area (Å²) in [6, 6.07) is 18.4. The molecule has 0 aliphatic rings. The van der Waals surface area contributed by atoms with Gasteiger partial charge in [0.15, 0.2) is 0 Å². The zero-order valence-corrected chi connectivity index (χ0v) is 12.7. The second-order valence-electron chi connectivity index (χ2n) is 5.16. The molecule has 0 aliphatic heterocycles. The summed E-state index contributed by atoms with van der Waals surface area (Å²) in [5.74, 6) is 0.903. The van der Waals surface area contributed by atoms with Crippen molar-refractivity contribution in [2.24, 2.45) is 0 Å². The smallest absolute Gasteiger partial charge is 0.417 e. The molecule has 22 heavy (non-hydrogen) atoms. The van der Waals surface area contributed by atoms with E-state index in [1.54, 1.807) is 0 Å². The Hall–Kier alpha value is -2.29. The van der Waals surface area contributed by atoms with Crippen LogP contribution in [0.2, 0.25) is 0 Å². The third kappa shape index (κ3) is 6.00. The van der Waals surface area contributed by atoms with Crippen LogP contribution >= 0.6 is 0 Å². The molecule has 115 valence electrons. The number of benzene rings is 2. The van der Waals surface area contributed by atoms with Crippen LogP contribution in [0.15, 0.2) is 54.6 Å². The summed E-state index contributed by atoms with van der Waals surface area (Å²) in [7, 11) is 0. The predicted octanol–water partition coefficient (Wildman–Crippen LogP) is 4.06. The van der Waals surface area contributed by atoms with Crippen molar-refractivity contribution in [3.05, 3.63) is 65.7 Å². The molecule has 0 heterocycles. The Balaban J connectivity index is 1.73. The van der Waals surface area contributed by atoms with Gasteiger partial charge in [0.05, 0.1) is 6.61 Å². The summed E-state index contributed by atoms with van der Waals surface area (Å²) >= 11 is 0. The van der Waals surface area contributed by atoms with Crippen LogP contribution < -0.4 is 4.74 Å². The fraction of sp³-hybridized carbons (Fsp3) is 0.316. The maximum Gasteiger partial charge on any atom is 0.417 e. The molecule has 3 nitrogen and oxygen atoms in total. The van der Waals surface area contributed by atoms with Crippen LogP contribution in [0.3, 0.4) is 0 Å². The molecular weight excluding hydrogens is 276 g/mol. The van der Waals surface area contributed by atoms with Gasteiger partial charge in [0.25, 0.3) is 0 Å². The summed E-state index contributed by atoms with van der Waals surface area (Å²) in [4.78, 5) is 9.90. The molecule has 0 aliphatic carbocycles. The Bertz CT molecular complexity index is 552. The summed E-state index contributed by atoms with van der Waals surface area (Å²) < 4.78 is 10.4. The van der Waals surface area contributed by atoms with Gasteiger partial charge >= 0.3 is 6.47 Å². The van der Waals surface area contributed by atoms with Crippen LogP contribution in [0.5, 0.6) is 5.75 Å². The maximum atomic E-state index is 9.90. The van der Waals surface area contributed by atoms with Crippen molar-refractivity contribution in [1.82, 2.24) is 0 Å². The standard InChI is InChI=1S/C19H21O3/c20-16-21-13-6-2-5-8-17-11-7-12-19(14-17)22-15-18-9-3-1-4-10-18/h1,3-4,7,9-12,14H,2,5-6,8,13,15H2. The van der Waals surface area contributed by atoms with E-state index in [2.05, 4.69) is 29.0 Å². The highest BCUT2D eigenvalue weighted by Gasteiger charge is 1.99. The lowest BCUT2D eigenvalue weighted by molar-refractivity contribution is 0.269. The van der Waals surface area contributed by atoms with E-state index in [0.717, 1.165) is 31.4 Å². The lowest BCUT2D eigenvalue weighted by atomic mass is 10.1. The van der Waals surface area contributed by atoms with E-state index in [1.165, 1.54) is 17.6 Å². The summed E-state index contributed by atoms with van der Waals surface area (Å²) in [5.41, 5.74) is 2.44. The highest BCUT2D eigenvalue weighted by molar-refractivity contribution is 5.38. The van der Waals surface area contributed by atoms with Gasteiger partial charge in [0, 0.05) is 0 Å². The normalized spacial score (nSPS) is 10.2. The van der Waals surface area contributed by atoms with Crippen LogP contribution in [0, 0.1) is 0 Å². The first kappa shape index (κ1) is 16.1.